The average Bonchev–Trinajstić information content (AvgIpc) is 2.85. The molecule has 0 radical (unpaired) electrons. The topological polar surface area (TPSA) is 73.7 Å². The molecule has 5 nitrogen and oxygen atoms in total. The SMILES string of the molecule is CC(C)(C)C1CC(c2nc(CO)cs2)CCN1C(=O)O. The average molecular weight is 298 g/mol. The lowest BCUT2D eigenvalue weighted by Crippen LogP contribution is -2.51. The van der Waals surface area contributed by atoms with Gasteiger partial charge in [0.1, 0.15) is 0 Å². The smallest absolute Gasteiger partial charge is 0.407 e. The van der Waals surface area contributed by atoms with Gasteiger partial charge in [-0.25, -0.2) is 9.78 Å². The fraction of sp³-hybridized carbons (Fsp3) is 0.714. The molecule has 2 heterocycles. The zero-order valence-corrected chi connectivity index (χ0v) is 13.0. The molecule has 1 saturated heterocycles. The maximum atomic E-state index is 11.4. The lowest BCUT2D eigenvalue weighted by atomic mass is 9.77. The normalized spacial score (nSPS) is 23.9. The van der Waals surface area contributed by atoms with Crippen LogP contribution in [0.1, 0.15) is 50.2 Å². The lowest BCUT2D eigenvalue weighted by Gasteiger charge is -2.44. The Morgan fingerprint density at radius 3 is 2.75 bits per heavy atom. The van der Waals surface area contributed by atoms with Crippen LogP contribution >= 0.6 is 11.3 Å². The minimum Gasteiger partial charge on any atom is -0.465 e. The Balaban J connectivity index is 2.18. The quantitative estimate of drug-likeness (QED) is 0.880. The molecule has 2 rings (SSSR count). The van der Waals surface area contributed by atoms with Gasteiger partial charge in [-0.05, 0) is 18.3 Å². The highest BCUT2D eigenvalue weighted by molar-refractivity contribution is 7.09. The summed E-state index contributed by atoms with van der Waals surface area (Å²) in [6.07, 6.45) is 0.768. The van der Waals surface area contributed by atoms with Gasteiger partial charge in [0.2, 0.25) is 0 Å². The number of piperidine rings is 1. The van der Waals surface area contributed by atoms with E-state index in [-0.39, 0.29) is 18.1 Å². The third-order valence-electron chi connectivity index (χ3n) is 3.93. The molecule has 2 N–H and O–H groups in total. The molecule has 2 atom stereocenters. The predicted octanol–water partition coefficient (Wildman–Crippen LogP) is 2.91. The second-order valence-corrected chi connectivity index (χ2v) is 7.30. The van der Waals surface area contributed by atoms with Crippen LogP contribution in [0, 0.1) is 5.41 Å². The van der Waals surface area contributed by atoms with Crippen molar-refractivity contribution in [3.63, 3.8) is 0 Å². The maximum Gasteiger partial charge on any atom is 0.407 e. The fourth-order valence-electron chi connectivity index (χ4n) is 2.82. The number of nitrogens with zero attached hydrogens (tertiary/aromatic N) is 2. The van der Waals surface area contributed by atoms with Crippen LogP contribution in [0.15, 0.2) is 5.38 Å². The first kappa shape index (κ1) is 15.3. The van der Waals surface area contributed by atoms with Crippen molar-refractivity contribution < 1.29 is 15.0 Å². The van der Waals surface area contributed by atoms with Gasteiger partial charge < -0.3 is 15.1 Å². The Morgan fingerprint density at radius 2 is 2.25 bits per heavy atom. The van der Waals surface area contributed by atoms with Crippen LogP contribution in [0.25, 0.3) is 0 Å². The van der Waals surface area contributed by atoms with Crippen molar-refractivity contribution in [1.82, 2.24) is 9.88 Å². The number of aliphatic hydroxyl groups is 1. The Kier molecular flexibility index (Phi) is 4.34. The van der Waals surface area contributed by atoms with E-state index in [1.54, 1.807) is 16.2 Å². The molecule has 0 saturated carbocycles. The van der Waals surface area contributed by atoms with Gasteiger partial charge in [-0.1, -0.05) is 20.8 Å². The number of amides is 1. The summed E-state index contributed by atoms with van der Waals surface area (Å²) in [5.74, 6) is 0.292. The van der Waals surface area contributed by atoms with Crippen LogP contribution in [0.4, 0.5) is 4.79 Å². The van der Waals surface area contributed by atoms with Crippen LogP contribution in [0.5, 0.6) is 0 Å². The molecule has 0 aromatic carbocycles. The highest BCUT2D eigenvalue weighted by atomic mass is 32.1. The van der Waals surface area contributed by atoms with Crippen molar-refractivity contribution in [2.45, 2.75) is 52.2 Å². The van der Waals surface area contributed by atoms with E-state index in [0.717, 1.165) is 17.8 Å². The number of hydrogen-bond donors (Lipinski definition) is 2. The molecule has 1 fully saturated rings. The molecule has 1 amide bonds. The highest BCUT2D eigenvalue weighted by Crippen LogP contribution is 2.39. The third kappa shape index (κ3) is 3.12. The van der Waals surface area contributed by atoms with Gasteiger partial charge in [0.15, 0.2) is 0 Å². The Morgan fingerprint density at radius 1 is 1.55 bits per heavy atom. The summed E-state index contributed by atoms with van der Waals surface area (Å²) in [4.78, 5) is 17.4. The summed E-state index contributed by atoms with van der Waals surface area (Å²) in [6, 6.07) is 0.000210. The van der Waals surface area contributed by atoms with Gasteiger partial charge in [-0.15, -0.1) is 11.3 Å². The van der Waals surface area contributed by atoms with Crippen LogP contribution < -0.4 is 0 Å². The van der Waals surface area contributed by atoms with Crippen molar-refractivity contribution in [1.29, 1.82) is 0 Å². The first-order chi connectivity index (χ1) is 9.32. The first-order valence-corrected chi connectivity index (χ1v) is 7.75. The zero-order chi connectivity index (χ0) is 14.9. The molecule has 1 aliphatic heterocycles. The number of aliphatic hydroxyl groups excluding tert-OH is 1. The van der Waals surface area contributed by atoms with E-state index in [4.69, 9.17) is 5.11 Å². The third-order valence-corrected chi connectivity index (χ3v) is 4.98. The predicted molar refractivity (Wildman–Crippen MR) is 78.0 cm³/mol. The molecular formula is C14H22N2O3S. The minimum absolute atomic E-state index is 0.000210. The van der Waals surface area contributed by atoms with Crippen molar-refractivity contribution in [3.8, 4) is 0 Å². The maximum absolute atomic E-state index is 11.4. The van der Waals surface area contributed by atoms with Gasteiger partial charge in [-0.3, -0.25) is 0 Å². The number of aromatic nitrogens is 1. The van der Waals surface area contributed by atoms with E-state index in [9.17, 15) is 9.90 Å². The Hall–Kier alpha value is -1.14. The van der Waals surface area contributed by atoms with E-state index in [1.807, 2.05) is 5.38 Å². The molecule has 6 heteroatoms. The van der Waals surface area contributed by atoms with Gasteiger partial charge >= 0.3 is 6.09 Å². The molecule has 0 aliphatic carbocycles. The van der Waals surface area contributed by atoms with Crippen LogP contribution in [0.3, 0.4) is 0 Å². The summed E-state index contributed by atoms with van der Waals surface area (Å²) in [7, 11) is 0. The highest BCUT2D eigenvalue weighted by Gasteiger charge is 2.39. The lowest BCUT2D eigenvalue weighted by molar-refractivity contribution is 0.0525. The van der Waals surface area contributed by atoms with Crippen LogP contribution in [0.2, 0.25) is 0 Å². The Bertz CT molecular complexity index is 481. The van der Waals surface area contributed by atoms with Gasteiger partial charge in [0, 0.05) is 23.9 Å². The molecule has 1 aromatic heterocycles. The van der Waals surface area contributed by atoms with E-state index < -0.39 is 6.09 Å². The van der Waals surface area contributed by atoms with Crippen LogP contribution in [-0.2, 0) is 6.61 Å². The number of likely N-dealkylation sites (tertiary alicyclic amines) is 1. The van der Waals surface area contributed by atoms with E-state index >= 15 is 0 Å². The summed E-state index contributed by atoms with van der Waals surface area (Å²) in [6.45, 7) is 6.76. The number of hydrogen-bond acceptors (Lipinski definition) is 4. The summed E-state index contributed by atoms with van der Waals surface area (Å²) < 4.78 is 0. The van der Waals surface area contributed by atoms with E-state index in [2.05, 4.69) is 25.8 Å². The molecule has 20 heavy (non-hydrogen) atoms. The summed E-state index contributed by atoms with van der Waals surface area (Å²) in [5.41, 5.74) is 0.617. The number of rotatable bonds is 2. The van der Waals surface area contributed by atoms with Gasteiger partial charge in [-0.2, -0.15) is 0 Å². The second-order valence-electron chi connectivity index (χ2n) is 6.41. The zero-order valence-electron chi connectivity index (χ0n) is 12.2. The minimum atomic E-state index is -0.835. The molecule has 112 valence electrons. The molecule has 0 spiro atoms. The summed E-state index contributed by atoms with van der Waals surface area (Å²) >= 11 is 1.57. The fourth-order valence-corrected chi connectivity index (χ4v) is 3.78. The van der Waals surface area contributed by atoms with Crippen molar-refractivity contribution in [2.75, 3.05) is 6.54 Å². The van der Waals surface area contributed by atoms with E-state index in [0.29, 0.717) is 18.2 Å². The molecular weight excluding hydrogens is 276 g/mol. The first-order valence-electron chi connectivity index (χ1n) is 6.87. The Labute approximate surface area is 123 Å². The molecule has 2 unspecified atom stereocenters. The van der Waals surface area contributed by atoms with Gasteiger partial charge in [0.05, 0.1) is 17.3 Å². The number of carbonyl (C=O) groups is 1. The van der Waals surface area contributed by atoms with Crippen molar-refractivity contribution >= 4 is 17.4 Å². The second kappa shape index (κ2) is 5.69. The number of thiazole rings is 1. The van der Waals surface area contributed by atoms with Crippen molar-refractivity contribution in [3.05, 3.63) is 16.1 Å². The largest absolute Gasteiger partial charge is 0.465 e. The molecule has 0 bridgehead atoms. The summed E-state index contributed by atoms with van der Waals surface area (Å²) in [5, 5.41) is 21.4. The number of carboxylic acid groups (broad SMARTS) is 1. The van der Waals surface area contributed by atoms with Crippen LogP contribution in [-0.4, -0.2) is 38.8 Å². The van der Waals surface area contributed by atoms with E-state index in [1.165, 1.54) is 0 Å². The molecule has 1 aliphatic rings. The monoisotopic (exact) mass is 298 g/mol. The molecule has 1 aromatic rings. The van der Waals surface area contributed by atoms with Gasteiger partial charge in [0.25, 0.3) is 0 Å². The van der Waals surface area contributed by atoms with Crippen molar-refractivity contribution in [2.24, 2.45) is 5.41 Å². The standard InChI is InChI=1S/C14H22N2O3S/c1-14(2,3)11-6-9(4-5-16(11)13(18)19)12-15-10(7-17)8-20-12/h8-9,11,17H,4-7H2,1-3H3,(H,18,19).